The Kier molecular flexibility index (Phi) is 2.69. The van der Waals surface area contributed by atoms with E-state index in [-0.39, 0.29) is 0 Å². The predicted molar refractivity (Wildman–Crippen MR) is 68.6 cm³/mol. The number of hydrogen-bond acceptors (Lipinski definition) is 2. The van der Waals surface area contributed by atoms with Crippen LogP contribution in [0, 0.1) is 0 Å². The number of aliphatic hydroxyl groups excluding tert-OH is 1. The maximum absolute atomic E-state index is 10.1. The third kappa shape index (κ3) is 1.78. The molecule has 0 amide bonds. The summed E-state index contributed by atoms with van der Waals surface area (Å²) in [5, 5.41) is 12.7. The van der Waals surface area contributed by atoms with Gasteiger partial charge in [0.2, 0.25) is 0 Å². The monoisotopic (exact) mass is 248 g/mol. The first-order valence-corrected chi connectivity index (χ1v) is 6.17. The Bertz CT molecular complexity index is 565. The molecule has 17 heavy (non-hydrogen) atoms. The van der Waals surface area contributed by atoms with Crippen molar-refractivity contribution in [3.63, 3.8) is 0 Å². The largest absolute Gasteiger partial charge is 0.493 e. The number of hydrogen-bond donors (Lipinski definition) is 1. The van der Waals surface area contributed by atoms with Crippen molar-refractivity contribution < 1.29 is 9.84 Å². The Morgan fingerprint density at radius 3 is 2.82 bits per heavy atom. The molecule has 0 spiro atoms. The van der Waals surface area contributed by atoms with Crippen LogP contribution in [-0.2, 0) is 0 Å². The van der Waals surface area contributed by atoms with Gasteiger partial charge in [-0.2, -0.15) is 0 Å². The van der Waals surface area contributed by atoms with Crippen LogP contribution in [0.5, 0.6) is 5.75 Å². The first-order chi connectivity index (χ1) is 8.27. The van der Waals surface area contributed by atoms with Crippen LogP contribution < -0.4 is 4.74 Å². The van der Waals surface area contributed by atoms with Crippen LogP contribution in [0.25, 0.3) is 10.8 Å². The highest BCUT2D eigenvalue weighted by atomic mass is 35.5. The Morgan fingerprint density at radius 2 is 2.00 bits per heavy atom. The summed E-state index contributed by atoms with van der Waals surface area (Å²) in [6.45, 7) is 0.648. The van der Waals surface area contributed by atoms with E-state index >= 15 is 0 Å². The summed E-state index contributed by atoms with van der Waals surface area (Å²) >= 11 is 6.25. The summed E-state index contributed by atoms with van der Waals surface area (Å²) < 4.78 is 5.77. The average Bonchev–Trinajstić information content (AvgIpc) is 2.53. The van der Waals surface area contributed by atoms with Gasteiger partial charge in [-0.3, -0.25) is 0 Å². The van der Waals surface area contributed by atoms with E-state index in [9.17, 15) is 5.11 Å². The van der Waals surface area contributed by atoms with Gasteiger partial charge in [0.05, 0.1) is 12.7 Å². The lowest BCUT2D eigenvalue weighted by Gasteiger charge is -2.14. The van der Waals surface area contributed by atoms with Crippen molar-refractivity contribution in [1.82, 2.24) is 0 Å². The fourth-order valence-corrected chi connectivity index (χ4v) is 2.62. The van der Waals surface area contributed by atoms with Gasteiger partial charge in [-0.15, -0.1) is 0 Å². The van der Waals surface area contributed by atoms with Gasteiger partial charge in [-0.05, 0) is 18.9 Å². The van der Waals surface area contributed by atoms with Crippen LogP contribution in [0.15, 0.2) is 30.3 Å². The van der Waals surface area contributed by atoms with Crippen molar-refractivity contribution in [3.05, 3.63) is 40.9 Å². The highest BCUT2D eigenvalue weighted by Gasteiger charge is 2.21. The van der Waals surface area contributed by atoms with E-state index in [1.807, 2.05) is 30.3 Å². The van der Waals surface area contributed by atoms with Crippen LogP contribution >= 0.6 is 11.6 Å². The zero-order valence-electron chi connectivity index (χ0n) is 9.32. The van der Waals surface area contributed by atoms with Gasteiger partial charge in [-0.1, -0.05) is 35.9 Å². The topological polar surface area (TPSA) is 29.5 Å². The molecule has 2 nitrogen and oxygen atoms in total. The van der Waals surface area contributed by atoms with E-state index in [4.69, 9.17) is 16.3 Å². The molecule has 2 aromatic carbocycles. The maximum atomic E-state index is 10.1. The van der Waals surface area contributed by atoms with E-state index in [2.05, 4.69) is 0 Å². The molecule has 1 N–H and O–H groups in total. The molecule has 0 unspecified atom stereocenters. The predicted octanol–water partition coefficient (Wildman–Crippen LogP) is 3.70. The molecular weight excluding hydrogens is 236 g/mol. The molecule has 0 aliphatic carbocycles. The number of aliphatic hydroxyl groups is 1. The van der Waals surface area contributed by atoms with Gasteiger partial charge in [0.25, 0.3) is 0 Å². The Labute approximate surface area is 105 Å². The summed E-state index contributed by atoms with van der Waals surface area (Å²) in [5.74, 6) is 0.787. The van der Waals surface area contributed by atoms with Crippen LogP contribution in [0.2, 0.25) is 5.02 Å². The molecule has 0 radical (unpaired) electrons. The molecule has 3 heteroatoms. The molecule has 1 aliphatic rings. The number of halogens is 1. The number of fused-ring (bicyclic) bond motifs is 3. The minimum atomic E-state index is -0.477. The summed E-state index contributed by atoms with van der Waals surface area (Å²) in [7, 11) is 0. The molecule has 2 aromatic rings. The molecule has 1 aliphatic heterocycles. The van der Waals surface area contributed by atoms with Crippen molar-refractivity contribution in [3.8, 4) is 5.75 Å². The van der Waals surface area contributed by atoms with Gasteiger partial charge in [0.15, 0.2) is 0 Å². The second kappa shape index (κ2) is 4.21. The van der Waals surface area contributed by atoms with Crippen molar-refractivity contribution in [1.29, 1.82) is 0 Å². The van der Waals surface area contributed by atoms with Crippen LogP contribution in [0.1, 0.15) is 24.5 Å². The van der Waals surface area contributed by atoms with E-state index in [0.29, 0.717) is 11.6 Å². The van der Waals surface area contributed by atoms with Gasteiger partial charge >= 0.3 is 0 Å². The lowest BCUT2D eigenvalue weighted by molar-refractivity contribution is 0.167. The summed E-state index contributed by atoms with van der Waals surface area (Å²) in [5.41, 5.74) is 0.811. The maximum Gasteiger partial charge on any atom is 0.133 e. The van der Waals surface area contributed by atoms with Gasteiger partial charge in [0, 0.05) is 21.4 Å². The molecule has 3 rings (SSSR count). The van der Waals surface area contributed by atoms with E-state index < -0.39 is 6.10 Å². The highest BCUT2D eigenvalue weighted by Crippen LogP contribution is 2.40. The fourth-order valence-electron chi connectivity index (χ4n) is 2.34. The lowest BCUT2D eigenvalue weighted by atomic mass is 10.00. The molecule has 88 valence electrons. The van der Waals surface area contributed by atoms with Crippen LogP contribution in [0.4, 0.5) is 0 Å². The van der Waals surface area contributed by atoms with Crippen molar-refractivity contribution in [2.45, 2.75) is 18.9 Å². The normalized spacial score (nSPS) is 19.5. The second-order valence-electron chi connectivity index (χ2n) is 4.33. The van der Waals surface area contributed by atoms with E-state index in [0.717, 1.165) is 34.9 Å². The van der Waals surface area contributed by atoms with E-state index in [1.54, 1.807) is 0 Å². The number of ether oxygens (including phenoxy) is 1. The minimum Gasteiger partial charge on any atom is -0.493 e. The molecule has 0 saturated heterocycles. The SMILES string of the molecule is O[C@@H]1CCCOc2c1cc(Cl)c1ccccc21. The van der Waals surface area contributed by atoms with Crippen molar-refractivity contribution in [2.24, 2.45) is 0 Å². The van der Waals surface area contributed by atoms with Crippen molar-refractivity contribution >= 4 is 22.4 Å². The highest BCUT2D eigenvalue weighted by molar-refractivity contribution is 6.36. The van der Waals surface area contributed by atoms with Gasteiger partial charge in [-0.25, -0.2) is 0 Å². The molecule has 1 heterocycles. The summed E-state index contributed by atoms with van der Waals surface area (Å²) in [6, 6.07) is 9.69. The molecule has 0 bridgehead atoms. The summed E-state index contributed by atoms with van der Waals surface area (Å²) in [6.07, 6.45) is 1.11. The molecule has 0 aromatic heterocycles. The zero-order valence-corrected chi connectivity index (χ0v) is 10.1. The number of rotatable bonds is 0. The molecular formula is C14H13ClO2. The third-order valence-electron chi connectivity index (χ3n) is 3.20. The smallest absolute Gasteiger partial charge is 0.133 e. The van der Waals surface area contributed by atoms with Crippen LogP contribution in [-0.4, -0.2) is 11.7 Å². The molecule has 1 atom stereocenters. The van der Waals surface area contributed by atoms with Crippen LogP contribution in [0.3, 0.4) is 0 Å². The first kappa shape index (κ1) is 10.9. The first-order valence-electron chi connectivity index (χ1n) is 5.79. The summed E-state index contributed by atoms with van der Waals surface area (Å²) in [4.78, 5) is 0. The third-order valence-corrected chi connectivity index (χ3v) is 3.51. The average molecular weight is 249 g/mol. The Morgan fingerprint density at radius 1 is 1.24 bits per heavy atom. The van der Waals surface area contributed by atoms with Crippen molar-refractivity contribution in [2.75, 3.05) is 6.61 Å². The molecule has 0 fully saturated rings. The van der Waals surface area contributed by atoms with E-state index in [1.165, 1.54) is 0 Å². The molecule has 0 saturated carbocycles. The standard InChI is InChI=1S/C14H13ClO2/c15-12-8-11-13(16)6-3-7-17-14(11)10-5-2-1-4-9(10)12/h1-2,4-5,8,13,16H,3,6-7H2/t13-/m1/s1. The minimum absolute atomic E-state index is 0.477. The quantitative estimate of drug-likeness (QED) is 0.770. The lowest BCUT2D eigenvalue weighted by Crippen LogP contribution is -1.97. The second-order valence-corrected chi connectivity index (χ2v) is 4.74. The Hall–Kier alpha value is -1.25. The zero-order chi connectivity index (χ0) is 11.8. The van der Waals surface area contributed by atoms with Gasteiger partial charge < -0.3 is 9.84 Å². The van der Waals surface area contributed by atoms with Gasteiger partial charge in [0.1, 0.15) is 5.75 Å². The fraction of sp³-hybridized carbons (Fsp3) is 0.286. The Balaban J connectivity index is 2.34. The number of benzene rings is 2.